The normalized spacial score (nSPS) is 25.5. The fourth-order valence-corrected chi connectivity index (χ4v) is 2.99. The Morgan fingerprint density at radius 2 is 2.13 bits per heavy atom. The molecule has 23 heavy (non-hydrogen) atoms. The highest BCUT2D eigenvalue weighted by molar-refractivity contribution is 5.98. The van der Waals surface area contributed by atoms with Crippen molar-refractivity contribution < 1.29 is 19.4 Å². The summed E-state index contributed by atoms with van der Waals surface area (Å²) in [5.41, 5.74) is -2.36. The quantitative estimate of drug-likeness (QED) is 0.834. The molecule has 2 N–H and O–H groups in total. The summed E-state index contributed by atoms with van der Waals surface area (Å²) in [6.07, 6.45) is 1.42. The zero-order valence-corrected chi connectivity index (χ0v) is 13.8. The molecule has 1 heterocycles. The lowest BCUT2D eigenvalue weighted by Crippen LogP contribution is -2.76. The van der Waals surface area contributed by atoms with E-state index in [1.54, 1.807) is 20.9 Å². The molecule has 1 aromatic rings. The number of hydrogen-bond donors (Lipinski definition) is 2. The van der Waals surface area contributed by atoms with Crippen molar-refractivity contribution in [3.8, 4) is 0 Å². The molecule has 1 fully saturated rings. The van der Waals surface area contributed by atoms with Gasteiger partial charge >= 0.3 is 5.97 Å². The molecule has 1 aliphatic carbocycles. The van der Waals surface area contributed by atoms with Gasteiger partial charge in [-0.2, -0.15) is 0 Å². The summed E-state index contributed by atoms with van der Waals surface area (Å²) in [5.74, 6) is -1.68. The van der Waals surface area contributed by atoms with Crippen LogP contribution >= 0.6 is 0 Å². The molecule has 2 atom stereocenters. The first-order valence-corrected chi connectivity index (χ1v) is 7.50. The molecule has 126 valence electrons. The van der Waals surface area contributed by atoms with Crippen molar-refractivity contribution in [3.63, 3.8) is 0 Å². The van der Waals surface area contributed by atoms with E-state index in [2.05, 4.69) is 5.32 Å². The number of nitrogens with zero attached hydrogens (tertiary/aromatic N) is 1. The maximum absolute atomic E-state index is 12.4. The molecule has 1 aromatic heterocycles. The van der Waals surface area contributed by atoms with Crippen LogP contribution in [0.5, 0.6) is 0 Å². The molecule has 0 aliphatic heterocycles. The van der Waals surface area contributed by atoms with Gasteiger partial charge in [-0.25, -0.2) is 4.79 Å². The predicted molar refractivity (Wildman–Crippen MR) is 83.3 cm³/mol. The zero-order chi connectivity index (χ0) is 17.4. The zero-order valence-electron chi connectivity index (χ0n) is 13.8. The highest BCUT2D eigenvalue weighted by Gasteiger charge is 2.66. The number of pyridine rings is 1. The van der Waals surface area contributed by atoms with Crippen LogP contribution in [0.1, 0.15) is 37.6 Å². The number of hydrogen-bond acceptors (Lipinski definition) is 4. The van der Waals surface area contributed by atoms with E-state index in [-0.39, 0.29) is 23.6 Å². The molecule has 7 heteroatoms. The molecule has 0 saturated heterocycles. The molecular formula is C16H22N2O5. The molecule has 0 aromatic carbocycles. The van der Waals surface area contributed by atoms with E-state index in [0.717, 1.165) is 0 Å². The van der Waals surface area contributed by atoms with E-state index in [1.807, 2.05) is 6.92 Å². The molecular weight excluding hydrogens is 300 g/mol. The standard InChI is InChI=1S/C16H22N2O5/c1-5-23-11-9-16(14(21)22,15(11,2)3)17-13(20)10-6-7-18(4)12(19)8-10/h6-8,11H,5,9H2,1-4H3,(H,17,20)(H,21,22). The Balaban J connectivity index is 2.27. The van der Waals surface area contributed by atoms with Gasteiger partial charge in [-0.3, -0.25) is 9.59 Å². The highest BCUT2D eigenvalue weighted by atomic mass is 16.5. The minimum Gasteiger partial charge on any atom is -0.479 e. The monoisotopic (exact) mass is 322 g/mol. The molecule has 0 bridgehead atoms. The smallest absolute Gasteiger partial charge is 0.330 e. The van der Waals surface area contributed by atoms with Gasteiger partial charge in [0.05, 0.1) is 6.10 Å². The van der Waals surface area contributed by atoms with Gasteiger partial charge in [-0.05, 0) is 13.0 Å². The molecule has 0 radical (unpaired) electrons. The Labute approximate surface area is 134 Å². The van der Waals surface area contributed by atoms with E-state index >= 15 is 0 Å². The first kappa shape index (κ1) is 17.2. The number of carbonyl (C=O) groups excluding carboxylic acids is 1. The van der Waals surface area contributed by atoms with Gasteiger partial charge in [0, 0.05) is 43.3 Å². The fourth-order valence-electron chi connectivity index (χ4n) is 2.99. The third kappa shape index (κ3) is 2.65. The summed E-state index contributed by atoms with van der Waals surface area (Å²) < 4.78 is 6.89. The number of carboxylic acids is 1. The summed E-state index contributed by atoms with van der Waals surface area (Å²) in [7, 11) is 1.57. The van der Waals surface area contributed by atoms with Crippen LogP contribution in [0, 0.1) is 5.41 Å². The maximum atomic E-state index is 12.4. The third-order valence-corrected chi connectivity index (χ3v) is 4.82. The van der Waals surface area contributed by atoms with Crippen molar-refractivity contribution in [1.29, 1.82) is 0 Å². The highest BCUT2D eigenvalue weighted by Crippen LogP contribution is 2.51. The Kier molecular flexibility index (Phi) is 4.34. The topological polar surface area (TPSA) is 97.6 Å². The van der Waals surface area contributed by atoms with Crippen molar-refractivity contribution in [1.82, 2.24) is 9.88 Å². The largest absolute Gasteiger partial charge is 0.479 e. The van der Waals surface area contributed by atoms with Gasteiger partial charge in [-0.15, -0.1) is 0 Å². The number of amides is 1. The lowest BCUT2D eigenvalue weighted by atomic mass is 9.54. The summed E-state index contributed by atoms with van der Waals surface area (Å²) in [4.78, 5) is 35.9. The summed E-state index contributed by atoms with van der Waals surface area (Å²) in [6, 6.07) is 2.68. The predicted octanol–water partition coefficient (Wildman–Crippen LogP) is 0.773. The number of carbonyl (C=O) groups is 2. The Bertz CT molecular complexity index is 694. The molecule has 1 aliphatic rings. The van der Waals surface area contributed by atoms with E-state index in [4.69, 9.17) is 4.74 Å². The van der Waals surface area contributed by atoms with Crippen molar-refractivity contribution in [2.24, 2.45) is 12.5 Å². The van der Waals surface area contributed by atoms with Crippen molar-refractivity contribution in [2.45, 2.75) is 38.8 Å². The van der Waals surface area contributed by atoms with Crippen LogP contribution in [0.15, 0.2) is 23.1 Å². The van der Waals surface area contributed by atoms with Gasteiger partial charge in [0.25, 0.3) is 11.5 Å². The first-order valence-electron chi connectivity index (χ1n) is 7.50. The van der Waals surface area contributed by atoms with Crippen LogP contribution in [0.4, 0.5) is 0 Å². The van der Waals surface area contributed by atoms with Gasteiger partial charge in [0.2, 0.25) is 0 Å². The first-order chi connectivity index (χ1) is 10.7. The maximum Gasteiger partial charge on any atom is 0.330 e. The number of aryl methyl sites for hydroxylation is 1. The number of aliphatic carboxylic acids is 1. The number of rotatable bonds is 5. The Morgan fingerprint density at radius 3 is 2.61 bits per heavy atom. The third-order valence-electron chi connectivity index (χ3n) is 4.82. The lowest BCUT2D eigenvalue weighted by Gasteiger charge is -2.58. The second-order valence-electron chi connectivity index (χ2n) is 6.40. The van der Waals surface area contributed by atoms with E-state index in [1.165, 1.54) is 22.9 Å². The molecule has 1 saturated carbocycles. The van der Waals surface area contributed by atoms with E-state index < -0.39 is 22.8 Å². The van der Waals surface area contributed by atoms with Gasteiger partial charge in [0.1, 0.15) is 5.54 Å². The Morgan fingerprint density at radius 1 is 1.48 bits per heavy atom. The average Bonchev–Trinajstić information content (AvgIpc) is 2.48. The number of ether oxygens (including phenoxy) is 1. The fraction of sp³-hybridized carbons (Fsp3) is 0.562. The lowest BCUT2D eigenvalue weighted by molar-refractivity contribution is -0.190. The minimum absolute atomic E-state index is 0.143. The average molecular weight is 322 g/mol. The second-order valence-corrected chi connectivity index (χ2v) is 6.40. The summed E-state index contributed by atoms with van der Waals surface area (Å²) >= 11 is 0. The number of aromatic nitrogens is 1. The van der Waals surface area contributed by atoms with Crippen LogP contribution in [0.3, 0.4) is 0 Å². The summed E-state index contributed by atoms with van der Waals surface area (Å²) in [6.45, 7) is 5.84. The summed E-state index contributed by atoms with van der Waals surface area (Å²) in [5, 5.41) is 12.3. The molecule has 2 unspecified atom stereocenters. The van der Waals surface area contributed by atoms with E-state index in [9.17, 15) is 19.5 Å². The Hall–Kier alpha value is -2.15. The SMILES string of the molecule is CCOC1CC(NC(=O)c2ccn(C)c(=O)c2)(C(=O)O)C1(C)C. The van der Waals surface area contributed by atoms with E-state index in [0.29, 0.717) is 6.61 Å². The van der Waals surface area contributed by atoms with Crippen molar-refractivity contribution >= 4 is 11.9 Å². The minimum atomic E-state index is -1.41. The van der Waals surface area contributed by atoms with Gasteiger partial charge in [-0.1, -0.05) is 13.8 Å². The van der Waals surface area contributed by atoms with Crippen LogP contribution in [0.25, 0.3) is 0 Å². The molecule has 7 nitrogen and oxygen atoms in total. The van der Waals surface area contributed by atoms with Crippen molar-refractivity contribution in [3.05, 3.63) is 34.2 Å². The van der Waals surface area contributed by atoms with Gasteiger partial charge < -0.3 is 19.7 Å². The second kappa shape index (κ2) is 5.81. The van der Waals surface area contributed by atoms with Crippen LogP contribution in [-0.4, -0.2) is 39.8 Å². The van der Waals surface area contributed by atoms with Crippen LogP contribution in [-0.2, 0) is 16.6 Å². The molecule has 1 amide bonds. The number of nitrogens with one attached hydrogen (secondary N) is 1. The van der Waals surface area contributed by atoms with Crippen LogP contribution < -0.4 is 10.9 Å². The molecule has 0 spiro atoms. The van der Waals surface area contributed by atoms with Crippen LogP contribution in [0.2, 0.25) is 0 Å². The van der Waals surface area contributed by atoms with Gasteiger partial charge in [0.15, 0.2) is 0 Å². The molecule has 2 rings (SSSR count). The number of carboxylic acid groups (broad SMARTS) is 1. The van der Waals surface area contributed by atoms with Crippen molar-refractivity contribution in [2.75, 3.05) is 6.61 Å².